The molecule has 0 radical (unpaired) electrons. The van der Waals surface area contributed by atoms with E-state index in [0.717, 1.165) is 38.4 Å². The molecule has 1 aliphatic rings. The van der Waals surface area contributed by atoms with Gasteiger partial charge in [0.2, 0.25) is 0 Å². The lowest BCUT2D eigenvalue weighted by Crippen LogP contribution is -2.46. The summed E-state index contributed by atoms with van der Waals surface area (Å²) in [5, 5.41) is 0. The van der Waals surface area contributed by atoms with Crippen LogP contribution < -0.4 is 4.90 Å². The van der Waals surface area contributed by atoms with Crippen LogP contribution in [0, 0.1) is 5.82 Å². The maximum absolute atomic E-state index is 13.0. The van der Waals surface area contributed by atoms with E-state index in [-0.39, 0.29) is 5.82 Å². The molecule has 0 amide bonds. The van der Waals surface area contributed by atoms with E-state index in [9.17, 15) is 4.39 Å². The van der Waals surface area contributed by atoms with E-state index in [1.165, 1.54) is 23.3 Å². The van der Waals surface area contributed by atoms with Crippen LogP contribution in [-0.4, -0.2) is 37.6 Å². The van der Waals surface area contributed by atoms with Crippen LogP contribution >= 0.6 is 0 Å². The van der Waals surface area contributed by atoms with Crippen LogP contribution in [0.5, 0.6) is 0 Å². The van der Waals surface area contributed by atoms with E-state index in [0.29, 0.717) is 0 Å². The Morgan fingerprint density at radius 1 is 0.957 bits per heavy atom. The van der Waals surface area contributed by atoms with Gasteiger partial charge in [-0.3, -0.25) is 4.90 Å². The van der Waals surface area contributed by atoms with E-state index < -0.39 is 0 Å². The zero-order valence-corrected chi connectivity index (χ0v) is 13.6. The summed E-state index contributed by atoms with van der Waals surface area (Å²) in [4.78, 5) is 4.81. The minimum absolute atomic E-state index is 0.172. The van der Waals surface area contributed by atoms with Gasteiger partial charge in [-0.25, -0.2) is 4.39 Å². The normalized spacial score (nSPS) is 16.6. The molecule has 3 rings (SSSR count). The van der Waals surface area contributed by atoms with Crippen molar-refractivity contribution in [1.82, 2.24) is 4.90 Å². The first-order chi connectivity index (χ1) is 11.2. The third kappa shape index (κ3) is 4.42. The van der Waals surface area contributed by atoms with Gasteiger partial charge >= 0.3 is 0 Å². The van der Waals surface area contributed by atoms with Gasteiger partial charge in [0.05, 0.1) is 0 Å². The highest BCUT2D eigenvalue weighted by molar-refractivity contribution is 5.52. The highest BCUT2D eigenvalue weighted by Gasteiger charge is 2.17. The second-order valence-electron chi connectivity index (χ2n) is 6.14. The number of hydrogen-bond donors (Lipinski definition) is 0. The van der Waals surface area contributed by atoms with Crippen LogP contribution in [-0.2, 0) is 0 Å². The van der Waals surface area contributed by atoms with Crippen molar-refractivity contribution >= 4 is 11.8 Å². The Hall–Kier alpha value is -2.13. The topological polar surface area (TPSA) is 6.48 Å². The Kier molecular flexibility index (Phi) is 5.09. The predicted octanol–water partition coefficient (Wildman–Crippen LogP) is 4.05. The molecule has 1 fully saturated rings. The van der Waals surface area contributed by atoms with Crippen molar-refractivity contribution in [2.24, 2.45) is 0 Å². The Morgan fingerprint density at radius 3 is 2.26 bits per heavy atom. The lowest BCUT2D eigenvalue weighted by molar-refractivity contribution is 0.279. The fourth-order valence-corrected chi connectivity index (χ4v) is 3.05. The van der Waals surface area contributed by atoms with Gasteiger partial charge in [0, 0.05) is 38.4 Å². The molecule has 2 nitrogen and oxygen atoms in total. The number of hydrogen-bond acceptors (Lipinski definition) is 2. The number of piperazine rings is 1. The van der Waals surface area contributed by atoms with E-state index in [2.05, 4.69) is 47.1 Å². The summed E-state index contributed by atoms with van der Waals surface area (Å²) >= 11 is 0. The van der Waals surface area contributed by atoms with Crippen LogP contribution in [0.25, 0.3) is 6.08 Å². The molecule has 0 N–H and O–H groups in total. The third-order valence-corrected chi connectivity index (χ3v) is 4.25. The van der Waals surface area contributed by atoms with Crippen molar-refractivity contribution < 1.29 is 4.39 Å². The Bertz CT molecular complexity index is 641. The maximum atomic E-state index is 13.0. The molecule has 1 heterocycles. The van der Waals surface area contributed by atoms with Crippen molar-refractivity contribution in [2.45, 2.75) is 6.92 Å². The second-order valence-corrected chi connectivity index (χ2v) is 6.14. The summed E-state index contributed by atoms with van der Waals surface area (Å²) < 4.78 is 13.0. The van der Waals surface area contributed by atoms with Gasteiger partial charge in [0.15, 0.2) is 0 Å². The minimum atomic E-state index is -0.172. The third-order valence-electron chi connectivity index (χ3n) is 4.25. The molecule has 1 saturated heterocycles. The first-order valence-electron chi connectivity index (χ1n) is 8.16. The molecule has 0 atom stereocenters. The Balaban J connectivity index is 1.53. The fraction of sp³-hybridized carbons (Fsp3) is 0.300. The number of nitrogens with zero attached hydrogens (tertiary/aromatic N) is 2. The monoisotopic (exact) mass is 310 g/mol. The van der Waals surface area contributed by atoms with Crippen LogP contribution in [0.1, 0.15) is 12.5 Å². The molecule has 23 heavy (non-hydrogen) atoms. The summed E-state index contributed by atoms with van der Waals surface area (Å²) in [6.07, 6.45) is 2.26. The molecule has 0 saturated carbocycles. The average molecular weight is 310 g/mol. The minimum Gasteiger partial charge on any atom is -0.369 e. The molecule has 3 heteroatoms. The average Bonchev–Trinajstić information content (AvgIpc) is 2.57. The largest absolute Gasteiger partial charge is 0.369 e. The van der Waals surface area contributed by atoms with Gasteiger partial charge in [-0.2, -0.15) is 0 Å². The quantitative estimate of drug-likeness (QED) is 0.840. The molecule has 0 spiro atoms. The van der Waals surface area contributed by atoms with E-state index in [1.54, 1.807) is 0 Å². The van der Waals surface area contributed by atoms with Crippen molar-refractivity contribution in [1.29, 1.82) is 0 Å². The van der Waals surface area contributed by atoms with Crippen LogP contribution in [0.4, 0.5) is 10.1 Å². The summed E-state index contributed by atoms with van der Waals surface area (Å²) in [5.74, 6) is -0.172. The molecule has 120 valence electrons. The zero-order valence-electron chi connectivity index (χ0n) is 13.6. The highest BCUT2D eigenvalue weighted by Crippen LogP contribution is 2.17. The molecule has 0 unspecified atom stereocenters. The van der Waals surface area contributed by atoms with Gasteiger partial charge in [0.25, 0.3) is 0 Å². The van der Waals surface area contributed by atoms with Gasteiger partial charge in [-0.1, -0.05) is 42.0 Å². The lowest BCUT2D eigenvalue weighted by Gasteiger charge is -2.36. The highest BCUT2D eigenvalue weighted by atomic mass is 19.1. The number of benzene rings is 2. The number of rotatable bonds is 4. The van der Waals surface area contributed by atoms with Crippen LogP contribution in [0.15, 0.2) is 60.2 Å². The summed E-state index contributed by atoms with van der Waals surface area (Å²) in [7, 11) is 0. The lowest BCUT2D eigenvalue weighted by atomic mass is 10.1. The van der Waals surface area contributed by atoms with E-state index >= 15 is 0 Å². The maximum Gasteiger partial charge on any atom is 0.123 e. The number of halogens is 1. The van der Waals surface area contributed by atoms with Crippen molar-refractivity contribution in [3.63, 3.8) is 0 Å². The predicted molar refractivity (Wildman–Crippen MR) is 95.1 cm³/mol. The van der Waals surface area contributed by atoms with Crippen molar-refractivity contribution in [3.05, 3.63) is 71.6 Å². The van der Waals surface area contributed by atoms with Crippen LogP contribution in [0.2, 0.25) is 0 Å². The van der Waals surface area contributed by atoms with Gasteiger partial charge < -0.3 is 4.90 Å². The summed E-state index contributed by atoms with van der Waals surface area (Å²) in [6.45, 7) is 7.26. The van der Waals surface area contributed by atoms with Crippen molar-refractivity contribution in [2.75, 3.05) is 37.6 Å². The smallest absolute Gasteiger partial charge is 0.123 e. The second kappa shape index (κ2) is 7.42. The molecule has 0 bridgehead atoms. The molecule has 0 aromatic heterocycles. The number of anilines is 1. The SMILES string of the molecule is C/C(=C\c1ccccc1)CN1CCN(c2ccc(F)cc2)CC1. The van der Waals surface area contributed by atoms with Crippen molar-refractivity contribution in [3.8, 4) is 0 Å². The molecule has 2 aromatic rings. The molecular weight excluding hydrogens is 287 g/mol. The molecule has 1 aliphatic heterocycles. The Morgan fingerprint density at radius 2 is 1.61 bits per heavy atom. The van der Waals surface area contributed by atoms with Gasteiger partial charge in [-0.05, 0) is 36.8 Å². The van der Waals surface area contributed by atoms with Crippen LogP contribution in [0.3, 0.4) is 0 Å². The van der Waals surface area contributed by atoms with E-state index in [1.807, 2.05) is 18.2 Å². The van der Waals surface area contributed by atoms with Gasteiger partial charge in [0.1, 0.15) is 5.82 Å². The first kappa shape index (κ1) is 15.8. The first-order valence-corrected chi connectivity index (χ1v) is 8.16. The summed E-state index contributed by atoms with van der Waals surface area (Å²) in [6, 6.07) is 17.3. The van der Waals surface area contributed by atoms with Gasteiger partial charge in [-0.15, -0.1) is 0 Å². The Labute approximate surface area is 137 Å². The summed E-state index contributed by atoms with van der Waals surface area (Å²) in [5.41, 5.74) is 3.75. The fourth-order valence-electron chi connectivity index (χ4n) is 3.05. The molecule has 2 aromatic carbocycles. The van der Waals surface area contributed by atoms with E-state index in [4.69, 9.17) is 0 Å². The standard InChI is InChI=1S/C20H23FN2/c1-17(15-18-5-3-2-4-6-18)16-22-11-13-23(14-12-22)20-9-7-19(21)8-10-20/h2-10,15H,11-14,16H2,1H3/b17-15+. The zero-order chi connectivity index (χ0) is 16.1. The molecule has 0 aliphatic carbocycles. The molecular formula is C20H23FN2.